The highest BCUT2D eigenvalue weighted by molar-refractivity contribution is 7.21. The summed E-state index contributed by atoms with van der Waals surface area (Å²) in [4.78, 5) is 25.6. The third-order valence-electron chi connectivity index (χ3n) is 5.74. The molecule has 1 heterocycles. The lowest BCUT2D eigenvalue weighted by atomic mass is 10.0. The molecule has 5 aromatic rings. The van der Waals surface area contributed by atoms with Gasteiger partial charge >= 0.3 is 5.97 Å². The van der Waals surface area contributed by atoms with Crippen molar-refractivity contribution in [2.24, 2.45) is 5.10 Å². The van der Waals surface area contributed by atoms with E-state index in [2.05, 4.69) is 10.5 Å². The molecule has 0 radical (unpaired) electrons. The van der Waals surface area contributed by atoms with Crippen LogP contribution in [-0.2, 0) is 11.2 Å². The molecule has 0 aliphatic carbocycles. The molecule has 0 saturated heterocycles. The number of rotatable bonds is 7. The van der Waals surface area contributed by atoms with Crippen LogP contribution >= 0.6 is 22.9 Å². The zero-order valence-electron chi connectivity index (χ0n) is 19.7. The van der Waals surface area contributed by atoms with Crippen LogP contribution < -0.4 is 14.9 Å². The van der Waals surface area contributed by atoms with E-state index in [0.29, 0.717) is 21.2 Å². The number of amides is 1. The van der Waals surface area contributed by atoms with E-state index >= 15 is 0 Å². The molecule has 1 aromatic heterocycles. The maximum Gasteiger partial charge on any atom is 0.355 e. The van der Waals surface area contributed by atoms with Crippen molar-refractivity contribution in [3.05, 3.63) is 106 Å². The molecule has 0 bridgehead atoms. The molecule has 0 saturated carbocycles. The Morgan fingerprint density at radius 2 is 1.70 bits per heavy atom. The van der Waals surface area contributed by atoms with E-state index in [1.54, 1.807) is 18.2 Å². The van der Waals surface area contributed by atoms with Crippen molar-refractivity contribution in [3.8, 4) is 11.5 Å². The number of methoxy groups -OCH3 is 1. The second-order valence-corrected chi connectivity index (χ2v) is 9.58. The van der Waals surface area contributed by atoms with Gasteiger partial charge in [-0.1, -0.05) is 72.3 Å². The highest BCUT2D eigenvalue weighted by Crippen LogP contribution is 2.37. The zero-order chi connectivity index (χ0) is 25.8. The topological polar surface area (TPSA) is 77.0 Å². The minimum atomic E-state index is -0.563. The number of carbonyl (C=O) groups excluding carboxylic acids is 2. The molecule has 4 aromatic carbocycles. The number of hydrogen-bond donors (Lipinski definition) is 1. The van der Waals surface area contributed by atoms with Crippen molar-refractivity contribution in [2.45, 2.75) is 6.42 Å². The summed E-state index contributed by atoms with van der Waals surface area (Å²) in [5, 5.41) is 7.36. The summed E-state index contributed by atoms with van der Waals surface area (Å²) in [6, 6.07) is 26.3. The van der Waals surface area contributed by atoms with Gasteiger partial charge in [-0.25, -0.2) is 10.2 Å². The lowest BCUT2D eigenvalue weighted by Crippen LogP contribution is -2.19. The Labute approximate surface area is 222 Å². The van der Waals surface area contributed by atoms with E-state index in [9.17, 15) is 9.59 Å². The highest BCUT2D eigenvalue weighted by atomic mass is 35.5. The quantitative estimate of drug-likeness (QED) is 0.111. The summed E-state index contributed by atoms with van der Waals surface area (Å²) in [7, 11) is 1.48. The Bertz CT molecular complexity index is 1660. The number of ether oxygens (including phenoxy) is 2. The first kappa shape index (κ1) is 24.5. The number of benzene rings is 4. The number of thiophene rings is 1. The summed E-state index contributed by atoms with van der Waals surface area (Å²) < 4.78 is 11.9. The fourth-order valence-corrected chi connectivity index (χ4v) is 5.36. The summed E-state index contributed by atoms with van der Waals surface area (Å²) in [5.74, 6) is -0.202. The number of carbonyl (C=O) groups is 2. The van der Waals surface area contributed by atoms with Gasteiger partial charge in [-0.2, -0.15) is 5.10 Å². The van der Waals surface area contributed by atoms with Crippen molar-refractivity contribution in [2.75, 3.05) is 7.11 Å². The highest BCUT2D eigenvalue weighted by Gasteiger charge is 2.20. The van der Waals surface area contributed by atoms with Gasteiger partial charge < -0.3 is 9.47 Å². The lowest BCUT2D eigenvalue weighted by molar-refractivity contribution is -0.120. The summed E-state index contributed by atoms with van der Waals surface area (Å²) in [6.45, 7) is 0. The number of nitrogens with zero attached hydrogens (tertiary/aromatic N) is 1. The van der Waals surface area contributed by atoms with E-state index in [-0.39, 0.29) is 18.1 Å². The van der Waals surface area contributed by atoms with Crippen molar-refractivity contribution < 1.29 is 19.1 Å². The molecule has 5 rings (SSSR count). The van der Waals surface area contributed by atoms with E-state index in [4.69, 9.17) is 21.1 Å². The average molecular weight is 529 g/mol. The molecule has 0 spiro atoms. The average Bonchev–Trinajstić information content (AvgIpc) is 3.26. The molecule has 0 fully saturated rings. The Balaban J connectivity index is 1.25. The molecule has 184 valence electrons. The van der Waals surface area contributed by atoms with Crippen LogP contribution in [0.5, 0.6) is 11.5 Å². The summed E-state index contributed by atoms with van der Waals surface area (Å²) in [6.07, 6.45) is 1.70. The fraction of sp³-hybridized carbons (Fsp3) is 0.0690. The molecule has 1 N–H and O–H groups in total. The van der Waals surface area contributed by atoms with Crippen molar-refractivity contribution in [3.63, 3.8) is 0 Å². The van der Waals surface area contributed by atoms with Gasteiger partial charge in [0.15, 0.2) is 11.5 Å². The Kier molecular flexibility index (Phi) is 7.16. The fourth-order valence-electron chi connectivity index (χ4n) is 3.98. The normalized spacial score (nSPS) is 11.2. The van der Waals surface area contributed by atoms with Gasteiger partial charge in [0.2, 0.25) is 5.91 Å². The van der Waals surface area contributed by atoms with E-state index in [0.717, 1.165) is 26.4 Å². The number of halogens is 1. The van der Waals surface area contributed by atoms with E-state index in [1.807, 2.05) is 66.7 Å². The standard InChI is InChI=1S/C29H21ClN2O4S/c1-35-24-15-18(17-31-32-26(33)16-20-9-6-8-19-7-2-3-10-21(19)20)13-14-23(24)36-29(34)28-27(30)22-11-4-5-12-25(22)37-28/h2-15,17H,16H2,1H3,(H,32,33)/b31-17+. The third kappa shape index (κ3) is 5.33. The molecular formula is C29H21ClN2O4S. The molecule has 0 unspecified atom stereocenters. The minimum absolute atomic E-state index is 0.206. The first-order valence-electron chi connectivity index (χ1n) is 11.4. The molecule has 0 atom stereocenters. The van der Waals surface area contributed by atoms with Gasteiger partial charge in [-0.3, -0.25) is 4.79 Å². The smallest absolute Gasteiger partial charge is 0.355 e. The van der Waals surface area contributed by atoms with Crippen LogP contribution in [0.4, 0.5) is 0 Å². The number of hydrazone groups is 1. The maximum atomic E-state index is 12.8. The first-order valence-corrected chi connectivity index (χ1v) is 12.6. The Hall–Kier alpha value is -4.20. The van der Waals surface area contributed by atoms with Crippen LogP contribution in [0.25, 0.3) is 20.9 Å². The summed E-state index contributed by atoms with van der Waals surface area (Å²) in [5.41, 5.74) is 4.14. The predicted octanol–water partition coefficient (Wildman–Crippen LogP) is 6.63. The maximum absolute atomic E-state index is 12.8. The van der Waals surface area contributed by atoms with Crippen molar-refractivity contribution >= 4 is 61.9 Å². The van der Waals surface area contributed by atoms with Crippen LogP contribution in [0.3, 0.4) is 0 Å². The molecule has 1 amide bonds. The van der Waals surface area contributed by atoms with Gasteiger partial charge in [0.25, 0.3) is 0 Å². The van der Waals surface area contributed by atoms with Crippen LogP contribution in [0, 0.1) is 0 Å². The SMILES string of the molecule is COc1cc(/C=N/NC(=O)Cc2cccc3ccccc23)ccc1OC(=O)c1sc2ccccc2c1Cl. The van der Waals surface area contributed by atoms with E-state index in [1.165, 1.54) is 24.7 Å². The van der Waals surface area contributed by atoms with E-state index < -0.39 is 5.97 Å². The molecular weight excluding hydrogens is 508 g/mol. The van der Waals surface area contributed by atoms with Crippen LogP contribution in [0.1, 0.15) is 20.8 Å². The molecule has 8 heteroatoms. The van der Waals surface area contributed by atoms with Gasteiger partial charge in [0, 0.05) is 10.1 Å². The van der Waals surface area contributed by atoms with Crippen LogP contribution in [0.15, 0.2) is 90.0 Å². The molecule has 6 nitrogen and oxygen atoms in total. The first-order chi connectivity index (χ1) is 18.0. The number of hydrogen-bond acceptors (Lipinski definition) is 6. The predicted molar refractivity (Wildman–Crippen MR) is 148 cm³/mol. The van der Waals surface area contributed by atoms with Gasteiger partial charge in [-0.05, 0) is 46.2 Å². The molecule has 0 aliphatic rings. The number of esters is 1. The molecule has 0 aliphatic heterocycles. The van der Waals surface area contributed by atoms with Crippen LogP contribution in [0.2, 0.25) is 5.02 Å². The largest absolute Gasteiger partial charge is 0.493 e. The monoisotopic (exact) mass is 528 g/mol. The lowest BCUT2D eigenvalue weighted by Gasteiger charge is -2.09. The Morgan fingerprint density at radius 1 is 0.946 bits per heavy atom. The second-order valence-electron chi connectivity index (χ2n) is 8.15. The van der Waals surface area contributed by atoms with Crippen LogP contribution in [-0.4, -0.2) is 25.2 Å². The number of nitrogens with one attached hydrogen (secondary N) is 1. The third-order valence-corrected chi connectivity index (χ3v) is 7.40. The summed E-state index contributed by atoms with van der Waals surface area (Å²) >= 11 is 7.68. The van der Waals surface area contributed by atoms with Crippen molar-refractivity contribution in [1.29, 1.82) is 0 Å². The molecule has 37 heavy (non-hydrogen) atoms. The van der Waals surface area contributed by atoms with Gasteiger partial charge in [0.05, 0.1) is 24.8 Å². The van der Waals surface area contributed by atoms with Gasteiger partial charge in [0.1, 0.15) is 4.88 Å². The van der Waals surface area contributed by atoms with Crippen molar-refractivity contribution in [1.82, 2.24) is 5.43 Å². The number of fused-ring (bicyclic) bond motifs is 2. The minimum Gasteiger partial charge on any atom is -0.493 e. The second kappa shape index (κ2) is 10.8. The Morgan fingerprint density at radius 3 is 2.51 bits per heavy atom. The zero-order valence-corrected chi connectivity index (χ0v) is 21.3. The van der Waals surface area contributed by atoms with Gasteiger partial charge in [-0.15, -0.1) is 11.3 Å².